The molecular weight excluding hydrogens is 460 g/mol. The van der Waals surface area contributed by atoms with Gasteiger partial charge in [-0.05, 0) is 77.7 Å². The van der Waals surface area contributed by atoms with Crippen LogP contribution in [0.5, 0.6) is 17.2 Å². The quantitative estimate of drug-likeness (QED) is 0.287. The van der Waals surface area contributed by atoms with Crippen LogP contribution in [0.15, 0.2) is 85.0 Å². The van der Waals surface area contributed by atoms with Gasteiger partial charge in [0.05, 0.1) is 17.7 Å². The van der Waals surface area contributed by atoms with E-state index in [1.54, 1.807) is 19.1 Å². The number of ether oxygens (including phenoxy) is 3. The molecular formula is C29H24O7. The van der Waals surface area contributed by atoms with E-state index in [-0.39, 0.29) is 22.8 Å². The summed E-state index contributed by atoms with van der Waals surface area (Å²) in [6.07, 6.45) is 0. The largest absolute Gasteiger partial charge is 0.423 e. The lowest BCUT2D eigenvalue weighted by Crippen LogP contribution is -2.13. The van der Waals surface area contributed by atoms with E-state index in [1.807, 2.05) is 31.2 Å². The number of aliphatic hydroxyl groups excluding tert-OH is 1. The third-order valence-electron chi connectivity index (χ3n) is 5.82. The fraction of sp³-hybridized carbons (Fsp3) is 0.138. The Morgan fingerprint density at radius 3 is 1.81 bits per heavy atom. The highest BCUT2D eigenvalue weighted by atomic mass is 16.5. The molecule has 0 heterocycles. The van der Waals surface area contributed by atoms with Crippen LogP contribution in [0.25, 0.3) is 11.1 Å². The number of esters is 3. The van der Waals surface area contributed by atoms with E-state index in [1.165, 1.54) is 24.3 Å². The van der Waals surface area contributed by atoms with E-state index in [0.29, 0.717) is 17.1 Å². The number of aliphatic hydroxyl groups is 1. The second-order valence-corrected chi connectivity index (χ2v) is 8.45. The predicted molar refractivity (Wildman–Crippen MR) is 133 cm³/mol. The first-order valence-electron chi connectivity index (χ1n) is 11.2. The van der Waals surface area contributed by atoms with Crippen LogP contribution in [0, 0.1) is 0 Å². The maximum Gasteiger partial charge on any atom is 0.343 e. The molecule has 1 unspecified atom stereocenters. The van der Waals surface area contributed by atoms with Gasteiger partial charge >= 0.3 is 17.9 Å². The van der Waals surface area contributed by atoms with E-state index in [0.717, 1.165) is 22.3 Å². The molecule has 4 rings (SSSR count). The third-order valence-corrected chi connectivity index (χ3v) is 5.82. The molecule has 0 spiro atoms. The molecule has 3 aromatic rings. The molecule has 7 nitrogen and oxygen atoms in total. The lowest BCUT2D eigenvalue weighted by Gasteiger charge is -2.10. The van der Waals surface area contributed by atoms with Gasteiger partial charge in [-0.3, -0.25) is 0 Å². The van der Waals surface area contributed by atoms with E-state index in [2.05, 4.69) is 13.2 Å². The summed E-state index contributed by atoms with van der Waals surface area (Å²) in [5, 5.41) is 8.95. The van der Waals surface area contributed by atoms with Crippen LogP contribution in [-0.2, 0) is 9.59 Å². The molecule has 1 atom stereocenters. The Labute approximate surface area is 208 Å². The van der Waals surface area contributed by atoms with E-state index in [9.17, 15) is 14.4 Å². The van der Waals surface area contributed by atoms with E-state index >= 15 is 0 Å². The Morgan fingerprint density at radius 1 is 0.778 bits per heavy atom. The van der Waals surface area contributed by atoms with Gasteiger partial charge in [0.1, 0.15) is 17.2 Å². The Morgan fingerprint density at radius 2 is 1.28 bits per heavy atom. The highest BCUT2D eigenvalue weighted by Crippen LogP contribution is 2.47. The SMILES string of the molecule is C=C(C)C(=O)Oc1ccc2c(c1)C(C)c1cc(OC(=O)c3ccc(OC(=O)C(=C)CO)cc3)ccc1-2. The lowest BCUT2D eigenvalue weighted by molar-refractivity contribution is -0.131. The van der Waals surface area contributed by atoms with Crippen molar-refractivity contribution in [3.05, 3.63) is 102 Å². The van der Waals surface area contributed by atoms with Gasteiger partial charge < -0.3 is 19.3 Å². The van der Waals surface area contributed by atoms with Crippen molar-refractivity contribution >= 4 is 17.9 Å². The molecule has 0 saturated carbocycles. The Hall–Kier alpha value is -4.49. The zero-order chi connectivity index (χ0) is 26.0. The standard InChI is InChI=1S/C29H24O7/c1-16(2)27(31)35-21-9-11-23-24-12-10-22(14-26(24)18(4)25(23)13-21)36-29(33)19-5-7-20(8-6-19)34-28(32)17(3)15-30/h5-14,18,30H,1,3,15H2,2,4H3. The molecule has 182 valence electrons. The van der Waals surface area contributed by atoms with Crippen molar-refractivity contribution in [2.45, 2.75) is 19.8 Å². The van der Waals surface area contributed by atoms with Crippen molar-refractivity contribution < 1.29 is 33.7 Å². The predicted octanol–water partition coefficient (Wildman–Crippen LogP) is 4.97. The number of carbonyl (C=O) groups excluding carboxylic acids is 3. The summed E-state index contributed by atoms with van der Waals surface area (Å²) < 4.78 is 16.0. The van der Waals surface area contributed by atoms with Gasteiger partial charge in [-0.1, -0.05) is 32.2 Å². The first-order chi connectivity index (χ1) is 17.2. The normalized spacial score (nSPS) is 13.2. The zero-order valence-corrected chi connectivity index (χ0v) is 19.9. The summed E-state index contributed by atoms with van der Waals surface area (Å²) in [5.74, 6) is -0.741. The molecule has 0 amide bonds. The number of rotatable bonds is 7. The second kappa shape index (κ2) is 10.0. The van der Waals surface area contributed by atoms with Crippen LogP contribution >= 0.6 is 0 Å². The van der Waals surface area contributed by atoms with Crippen molar-refractivity contribution in [3.63, 3.8) is 0 Å². The average molecular weight is 485 g/mol. The summed E-state index contributed by atoms with van der Waals surface area (Å²) in [4.78, 5) is 36.2. The third kappa shape index (κ3) is 4.96. The fourth-order valence-electron chi connectivity index (χ4n) is 3.85. The molecule has 0 saturated heterocycles. The van der Waals surface area contributed by atoms with Gasteiger partial charge in [0.2, 0.25) is 0 Å². The molecule has 1 aliphatic carbocycles. The van der Waals surface area contributed by atoms with Crippen molar-refractivity contribution in [1.29, 1.82) is 0 Å². The number of hydrogen-bond donors (Lipinski definition) is 1. The van der Waals surface area contributed by atoms with Gasteiger partial charge in [-0.25, -0.2) is 14.4 Å². The van der Waals surface area contributed by atoms with Crippen LogP contribution in [0.3, 0.4) is 0 Å². The van der Waals surface area contributed by atoms with Gasteiger partial charge in [0, 0.05) is 11.5 Å². The monoisotopic (exact) mass is 484 g/mol. The first kappa shape index (κ1) is 24.6. The van der Waals surface area contributed by atoms with E-state index in [4.69, 9.17) is 19.3 Å². The summed E-state index contributed by atoms with van der Waals surface area (Å²) in [6, 6.07) is 16.8. The Kier molecular flexibility index (Phi) is 6.85. The summed E-state index contributed by atoms with van der Waals surface area (Å²) in [6.45, 7) is 10.1. The van der Waals surface area contributed by atoms with Crippen LogP contribution in [0.1, 0.15) is 41.3 Å². The van der Waals surface area contributed by atoms with Gasteiger partial charge in [-0.2, -0.15) is 0 Å². The first-order valence-corrected chi connectivity index (χ1v) is 11.2. The van der Waals surface area contributed by atoms with Crippen LogP contribution in [0.4, 0.5) is 0 Å². The summed E-state index contributed by atoms with van der Waals surface area (Å²) in [7, 11) is 0. The molecule has 1 aliphatic rings. The minimum Gasteiger partial charge on any atom is -0.423 e. The molecule has 0 aliphatic heterocycles. The number of carbonyl (C=O) groups is 3. The minimum atomic E-state index is -0.748. The highest BCUT2D eigenvalue weighted by Gasteiger charge is 2.27. The molecule has 0 bridgehead atoms. The summed E-state index contributed by atoms with van der Waals surface area (Å²) in [5.41, 5.74) is 4.57. The molecule has 7 heteroatoms. The number of fused-ring (bicyclic) bond motifs is 3. The van der Waals surface area contributed by atoms with Crippen LogP contribution < -0.4 is 14.2 Å². The lowest BCUT2D eigenvalue weighted by atomic mass is 9.99. The minimum absolute atomic E-state index is 0.000210. The fourth-order valence-corrected chi connectivity index (χ4v) is 3.85. The molecule has 1 N–H and O–H groups in total. The molecule has 0 aromatic heterocycles. The van der Waals surface area contributed by atoms with Crippen molar-refractivity contribution in [2.75, 3.05) is 6.61 Å². The number of hydrogen-bond acceptors (Lipinski definition) is 7. The zero-order valence-electron chi connectivity index (χ0n) is 19.9. The van der Waals surface area contributed by atoms with Gasteiger partial charge in [-0.15, -0.1) is 0 Å². The maximum atomic E-state index is 12.7. The maximum absolute atomic E-state index is 12.7. The Balaban J connectivity index is 1.47. The second-order valence-electron chi connectivity index (χ2n) is 8.45. The summed E-state index contributed by atoms with van der Waals surface area (Å²) >= 11 is 0. The van der Waals surface area contributed by atoms with Crippen molar-refractivity contribution in [2.24, 2.45) is 0 Å². The van der Waals surface area contributed by atoms with Crippen molar-refractivity contribution in [1.82, 2.24) is 0 Å². The topological polar surface area (TPSA) is 99.1 Å². The van der Waals surface area contributed by atoms with Crippen LogP contribution in [-0.4, -0.2) is 29.6 Å². The average Bonchev–Trinajstić information content (AvgIpc) is 3.14. The van der Waals surface area contributed by atoms with E-state index < -0.39 is 24.5 Å². The Bertz CT molecular complexity index is 1400. The molecule has 36 heavy (non-hydrogen) atoms. The molecule has 0 fully saturated rings. The molecule has 3 aromatic carbocycles. The smallest absolute Gasteiger partial charge is 0.343 e. The van der Waals surface area contributed by atoms with Gasteiger partial charge in [0.15, 0.2) is 0 Å². The van der Waals surface area contributed by atoms with Crippen LogP contribution in [0.2, 0.25) is 0 Å². The number of benzene rings is 3. The highest BCUT2D eigenvalue weighted by molar-refractivity contribution is 5.92. The van der Waals surface area contributed by atoms with Crippen molar-refractivity contribution in [3.8, 4) is 28.4 Å². The molecule has 0 radical (unpaired) electrons. The van der Waals surface area contributed by atoms with Gasteiger partial charge in [0.25, 0.3) is 0 Å².